The Hall–Kier alpha value is -1.47. The highest BCUT2D eigenvalue weighted by Gasteiger charge is 2.08. The highest BCUT2D eigenvalue weighted by Crippen LogP contribution is 2.26. The second-order valence-electron chi connectivity index (χ2n) is 3.84. The molecule has 0 aliphatic heterocycles. The Bertz CT molecular complexity index is 597. The van der Waals surface area contributed by atoms with Gasteiger partial charge in [-0.15, -0.1) is 0 Å². The van der Waals surface area contributed by atoms with Gasteiger partial charge in [0.05, 0.1) is 0 Å². The number of halogens is 1. The molecule has 0 unspecified atom stereocenters. The molecular weight excluding hydrogens is 283 g/mol. The van der Waals surface area contributed by atoms with Crippen LogP contribution in [0.1, 0.15) is 23.9 Å². The smallest absolute Gasteiger partial charge is 0.170 e. The number of nitrogens with two attached hydrogens (primary N) is 1. The number of nitrogens with one attached hydrogen (secondary N) is 1. The molecule has 1 aromatic heterocycles. The maximum atomic E-state index is 13.8. The van der Waals surface area contributed by atoms with Crippen LogP contribution >= 0.6 is 23.3 Å². The fourth-order valence-electron chi connectivity index (χ4n) is 1.41. The van der Waals surface area contributed by atoms with E-state index in [1.165, 1.54) is 29.4 Å². The van der Waals surface area contributed by atoms with Crippen LogP contribution in [0.4, 0.5) is 4.39 Å². The van der Waals surface area contributed by atoms with E-state index in [-0.39, 0.29) is 11.7 Å². The first kappa shape index (κ1) is 14.0. The Morgan fingerprint density at radius 3 is 2.89 bits per heavy atom. The third-order valence-electron chi connectivity index (χ3n) is 2.48. The number of hydrogen-bond acceptors (Lipinski definition) is 5. The summed E-state index contributed by atoms with van der Waals surface area (Å²) < 4.78 is 18.8. The van der Waals surface area contributed by atoms with Crippen molar-refractivity contribution in [2.75, 3.05) is 0 Å². The van der Waals surface area contributed by atoms with Crippen LogP contribution in [0.3, 0.4) is 0 Å². The lowest BCUT2D eigenvalue weighted by Crippen LogP contribution is -2.11. The zero-order chi connectivity index (χ0) is 13.8. The third-order valence-corrected chi connectivity index (χ3v) is 4.40. The van der Waals surface area contributed by atoms with Crippen LogP contribution < -0.4 is 5.73 Å². The summed E-state index contributed by atoms with van der Waals surface area (Å²) in [6.07, 6.45) is 0.804. The van der Waals surface area contributed by atoms with E-state index in [9.17, 15) is 4.39 Å². The van der Waals surface area contributed by atoms with E-state index in [1.807, 2.05) is 6.92 Å². The van der Waals surface area contributed by atoms with Gasteiger partial charge in [-0.3, -0.25) is 5.41 Å². The van der Waals surface area contributed by atoms with Crippen LogP contribution in [0.15, 0.2) is 22.5 Å². The summed E-state index contributed by atoms with van der Waals surface area (Å²) in [5.41, 5.74) is 6.28. The molecule has 0 atom stereocenters. The van der Waals surface area contributed by atoms with E-state index >= 15 is 0 Å². The van der Waals surface area contributed by atoms with Crippen LogP contribution in [0.25, 0.3) is 0 Å². The molecule has 1 heterocycles. The summed E-state index contributed by atoms with van der Waals surface area (Å²) in [6, 6.07) is 4.59. The van der Waals surface area contributed by atoms with Crippen molar-refractivity contribution in [1.29, 1.82) is 5.41 Å². The SMILES string of the molecule is CCc1nsc(SCc2ccc(C(=N)N)cc2F)n1. The van der Waals surface area contributed by atoms with Crippen LogP contribution in [0, 0.1) is 11.2 Å². The van der Waals surface area contributed by atoms with E-state index in [1.54, 1.807) is 12.1 Å². The van der Waals surface area contributed by atoms with Gasteiger partial charge in [-0.2, -0.15) is 4.37 Å². The zero-order valence-corrected chi connectivity index (χ0v) is 11.9. The summed E-state index contributed by atoms with van der Waals surface area (Å²) >= 11 is 2.79. The van der Waals surface area contributed by atoms with Crippen molar-refractivity contribution in [3.05, 3.63) is 41.0 Å². The Labute approximate surface area is 118 Å². The Morgan fingerprint density at radius 1 is 1.53 bits per heavy atom. The number of nitrogen functional groups attached to an aromatic ring is 1. The second kappa shape index (κ2) is 6.12. The molecule has 0 spiro atoms. The third kappa shape index (κ3) is 3.51. The number of aromatic nitrogens is 2. The number of aryl methyl sites for hydroxylation is 1. The number of amidine groups is 1. The van der Waals surface area contributed by atoms with Crippen molar-refractivity contribution in [3.63, 3.8) is 0 Å². The lowest BCUT2D eigenvalue weighted by Gasteiger charge is -2.04. The molecular formula is C12H13FN4S2. The van der Waals surface area contributed by atoms with Crippen molar-refractivity contribution >= 4 is 29.1 Å². The van der Waals surface area contributed by atoms with Crippen molar-refractivity contribution in [3.8, 4) is 0 Å². The average Bonchev–Trinajstić information content (AvgIpc) is 2.85. The lowest BCUT2D eigenvalue weighted by atomic mass is 10.1. The molecule has 0 amide bonds. The largest absolute Gasteiger partial charge is 0.384 e. The summed E-state index contributed by atoms with van der Waals surface area (Å²) in [4.78, 5) is 4.31. The molecule has 0 saturated carbocycles. The maximum Gasteiger partial charge on any atom is 0.170 e. The first-order valence-corrected chi connectivity index (χ1v) is 7.44. The predicted octanol–water partition coefficient (Wildman–Crippen LogP) is 2.82. The Morgan fingerprint density at radius 2 is 2.32 bits per heavy atom. The van der Waals surface area contributed by atoms with Crippen LogP contribution in [0.2, 0.25) is 0 Å². The topological polar surface area (TPSA) is 75.7 Å². The van der Waals surface area contributed by atoms with Gasteiger partial charge in [0.1, 0.15) is 17.5 Å². The van der Waals surface area contributed by atoms with Gasteiger partial charge in [0, 0.05) is 17.7 Å². The molecule has 2 aromatic rings. The van der Waals surface area contributed by atoms with Crippen molar-refractivity contribution in [2.45, 2.75) is 23.4 Å². The molecule has 100 valence electrons. The second-order valence-corrected chi connectivity index (χ2v) is 5.81. The number of rotatable bonds is 5. The lowest BCUT2D eigenvalue weighted by molar-refractivity contribution is 0.617. The summed E-state index contributed by atoms with van der Waals surface area (Å²) in [5, 5.41) is 7.25. The first-order chi connectivity index (χ1) is 9.10. The van der Waals surface area contributed by atoms with E-state index in [0.29, 0.717) is 16.9 Å². The van der Waals surface area contributed by atoms with Gasteiger partial charge in [-0.05, 0) is 23.2 Å². The fraction of sp³-hybridized carbons (Fsp3) is 0.250. The van der Waals surface area contributed by atoms with E-state index < -0.39 is 0 Å². The van der Waals surface area contributed by atoms with E-state index in [0.717, 1.165) is 16.6 Å². The van der Waals surface area contributed by atoms with E-state index in [2.05, 4.69) is 9.36 Å². The van der Waals surface area contributed by atoms with Gasteiger partial charge in [0.25, 0.3) is 0 Å². The number of hydrogen-bond donors (Lipinski definition) is 2. The van der Waals surface area contributed by atoms with E-state index in [4.69, 9.17) is 11.1 Å². The maximum absolute atomic E-state index is 13.8. The number of benzene rings is 1. The standard InChI is InChI=1S/C12H13FN4S2/c1-2-10-16-12(19-17-10)18-6-8-4-3-7(11(14)15)5-9(8)13/h3-5H,2,6H2,1H3,(H3,14,15). The minimum absolute atomic E-state index is 0.130. The summed E-state index contributed by atoms with van der Waals surface area (Å²) in [5.74, 6) is 0.831. The van der Waals surface area contributed by atoms with Crippen molar-refractivity contribution in [1.82, 2.24) is 9.36 Å². The van der Waals surface area contributed by atoms with Gasteiger partial charge in [-0.1, -0.05) is 30.8 Å². The molecule has 3 N–H and O–H groups in total. The minimum atomic E-state index is -0.347. The van der Waals surface area contributed by atoms with Crippen LogP contribution in [0.5, 0.6) is 0 Å². The molecule has 7 heteroatoms. The quantitative estimate of drug-likeness (QED) is 0.505. The average molecular weight is 296 g/mol. The molecule has 19 heavy (non-hydrogen) atoms. The van der Waals surface area contributed by atoms with Crippen LogP contribution in [-0.2, 0) is 12.2 Å². The highest BCUT2D eigenvalue weighted by atomic mass is 32.2. The van der Waals surface area contributed by atoms with Crippen molar-refractivity contribution < 1.29 is 4.39 Å². The molecule has 0 radical (unpaired) electrons. The van der Waals surface area contributed by atoms with Gasteiger partial charge in [0.15, 0.2) is 4.34 Å². The molecule has 4 nitrogen and oxygen atoms in total. The van der Waals surface area contributed by atoms with Gasteiger partial charge in [0.2, 0.25) is 0 Å². The highest BCUT2D eigenvalue weighted by molar-refractivity contribution is 8.00. The number of nitrogens with zero attached hydrogens (tertiary/aromatic N) is 2. The molecule has 1 aromatic carbocycles. The van der Waals surface area contributed by atoms with Gasteiger partial charge < -0.3 is 5.73 Å². The van der Waals surface area contributed by atoms with Crippen molar-refractivity contribution in [2.24, 2.45) is 5.73 Å². The van der Waals surface area contributed by atoms with Gasteiger partial charge in [-0.25, -0.2) is 9.37 Å². The predicted molar refractivity (Wildman–Crippen MR) is 76.3 cm³/mol. The zero-order valence-electron chi connectivity index (χ0n) is 10.3. The molecule has 0 bridgehead atoms. The van der Waals surface area contributed by atoms with Gasteiger partial charge >= 0.3 is 0 Å². The summed E-state index contributed by atoms with van der Waals surface area (Å²) in [6.45, 7) is 2.00. The Kier molecular flexibility index (Phi) is 4.49. The van der Waals surface area contributed by atoms with Crippen LogP contribution in [-0.4, -0.2) is 15.2 Å². The molecule has 0 aliphatic carbocycles. The molecule has 0 fully saturated rings. The Balaban J connectivity index is 2.05. The normalized spacial score (nSPS) is 10.6. The number of thioether (sulfide) groups is 1. The molecule has 0 saturated heterocycles. The fourth-order valence-corrected chi connectivity index (χ4v) is 3.09. The molecule has 0 aliphatic rings. The first-order valence-electron chi connectivity index (χ1n) is 5.68. The molecule has 2 rings (SSSR count). The monoisotopic (exact) mass is 296 g/mol. The summed E-state index contributed by atoms with van der Waals surface area (Å²) in [7, 11) is 0. The minimum Gasteiger partial charge on any atom is -0.384 e.